The molecule has 2 aromatic carbocycles. The fourth-order valence-corrected chi connectivity index (χ4v) is 12.0. The Bertz CT molecular complexity index is 1580. The van der Waals surface area contributed by atoms with Crippen LogP contribution in [0.25, 0.3) is 22.0 Å². The van der Waals surface area contributed by atoms with Gasteiger partial charge in [0.25, 0.3) is 8.32 Å². The van der Waals surface area contributed by atoms with Gasteiger partial charge in [0.2, 0.25) is 0 Å². The van der Waals surface area contributed by atoms with Crippen LogP contribution < -0.4 is 9.74 Å². The minimum Gasteiger partial charge on any atom is -0.543 e. The van der Waals surface area contributed by atoms with Gasteiger partial charge < -0.3 is 29.3 Å². The lowest BCUT2D eigenvalue weighted by atomic mass is 9.86. The number of carboxylic acids is 1. The van der Waals surface area contributed by atoms with Crippen molar-refractivity contribution in [2.75, 3.05) is 6.61 Å². The highest BCUT2D eigenvalue weighted by molar-refractivity contribution is 6.78. The number of benzene rings is 2. The number of carbonyl (C=O) groups excluding carboxylic acids is 2. The fraction of sp³-hybridized carbons (Fsp3) is 0.553. The maximum atomic E-state index is 12.6. The van der Waals surface area contributed by atoms with Crippen LogP contribution in [0.1, 0.15) is 94.2 Å². The van der Waals surface area contributed by atoms with Crippen molar-refractivity contribution in [3.8, 4) is 16.9 Å². The fourth-order valence-electron chi connectivity index (χ4n) is 6.82. The monoisotopic (exact) mass is 680 g/mol. The number of hydrogen-bond donors (Lipinski definition) is 3. The lowest BCUT2D eigenvalue weighted by Gasteiger charge is -2.42. The van der Waals surface area contributed by atoms with E-state index in [-0.39, 0.29) is 17.8 Å². The van der Waals surface area contributed by atoms with Gasteiger partial charge in [-0.05, 0) is 90.3 Å². The zero-order valence-electron chi connectivity index (χ0n) is 30.9. The van der Waals surface area contributed by atoms with Gasteiger partial charge in [0, 0.05) is 35.9 Å². The van der Waals surface area contributed by atoms with E-state index in [1.54, 1.807) is 20.8 Å². The summed E-state index contributed by atoms with van der Waals surface area (Å²) >= 11 is 0. The van der Waals surface area contributed by atoms with Gasteiger partial charge in [0.15, 0.2) is 0 Å². The van der Waals surface area contributed by atoms with Crippen LogP contribution in [0.5, 0.6) is 5.75 Å². The van der Waals surface area contributed by atoms with Gasteiger partial charge in [-0.3, -0.25) is 4.79 Å². The van der Waals surface area contributed by atoms with Crippen molar-refractivity contribution in [2.24, 2.45) is 5.41 Å². The molecule has 0 aliphatic rings. The van der Waals surface area contributed by atoms with Gasteiger partial charge in [-0.1, -0.05) is 67.5 Å². The van der Waals surface area contributed by atoms with E-state index >= 15 is 0 Å². The number of alkyl carbamates (subject to hydrolysis) is 1. The molecule has 9 nitrogen and oxygen atoms in total. The summed E-state index contributed by atoms with van der Waals surface area (Å²) in [6.07, 6.45) is 1.96. The predicted molar refractivity (Wildman–Crippen MR) is 194 cm³/mol. The molecule has 0 aliphatic heterocycles. The van der Waals surface area contributed by atoms with E-state index in [0.29, 0.717) is 35.4 Å². The normalized spacial score (nSPS) is 13.2. The third kappa shape index (κ3) is 9.87. The Morgan fingerprint density at radius 1 is 0.896 bits per heavy atom. The van der Waals surface area contributed by atoms with E-state index in [1.807, 2.05) is 36.5 Å². The number of ether oxygens (including phenoxy) is 2. The first kappa shape index (κ1) is 38.7. The molecule has 0 bridgehead atoms. The summed E-state index contributed by atoms with van der Waals surface area (Å²) in [5.74, 6) is -0.754. The van der Waals surface area contributed by atoms with Crippen LogP contribution in [0.4, 0.5) is 4.79 Å². The molecule has 10 heteroatoms. The Balaban J connectivity index is 2.13. The third-order valence-electron chi connectivity index (χ3n) is 8.83. The summed E-state index contributed by atoms with van der Waals surface area (Å²) in [6.45, 7) is 24.5. The molecular formula is C38H56N2O7Si. The van der Waals surface area contributed by atoms with Gasteiger partial charge in [0.1, 0.15) is 17.4 Å². The molecule has 0 saturated carbocycles. The molecule has 0 fully saturated rings. The van der Waals surface area contributed by atoms with E-state index in [2.05, 4.69) is 71.8 Å². The molecule has 0 spiro atoms. The average molecular weight is 681 g/mol. The molecular weight excluding hydrogens is 625 g/mol. The van der Waals surface area contributed by atoms with E-state index in [1.165, 1.54) is 6.92 Å². The van der Waals surface area contributed by atoms with E-state index in [4.69, 9.17) is 13.9 Å². The molecule has 3 rings (SSSR count). The van der Waals surface area contributed by atoms with Gasteiger partial charge in [-0.2, -0.15) is 0 Å². The number of hydrogen-bond acceptors (Lipinski definition) is 6. The van der Waals surface area contributed by atoms with Gasteiger partial charge in [-0.15, -0.1) is 0 Å². The molecule has 48 heavy (non-hydrogen) atoms. The van der Waals surface area contributed by atoms with Crippen molar-refractivity contribution in [3.63, 3.8) is 0 Å². The number of H-pyrrole nitrogens is 1. The van der Waals surface area contributed by atoms with E-state index < -0.39 is 32.0 Å². The first-order chi connectivity index (χ1) is 22.1. The van der Waals surface area contributed by atoms with Gasteiger partial charge in [0.05, 0.1) is 6.61 Å². The number of esters is 1. The van der Waals surface area contributed by atoms with Crippen molar-refractivity contribution in [1.29, 1.82) is 0 Å². The van der Waals surface area contributed by atoms with E-state index in [0.717, 1.165) is 33.2 Å². The van der Waals surface area contributed by atoms with Crippen LogP contribution in [0.15, 0.2) is 42.6 Å². The maximum Gasteiger partial charge on any atom is 0.408 e. The highest BCUT2D eigenvalue weighted by Crippen LogP contribution is 2.44. The smallest absolute Gasteiger partial charge is 0.408 e. The number of nitrogens with one attached hydrogen (secondary N) is 2. The third-order valence-corrected chi connectivity index (χ3v) is 14.8. The molecule has 0 aliphatic carbocycles. The number of carbonyl (C=O) groups is 3. The SMILES string of the molecule is CC(=O)OCC(C)(C)Cc1c[nH]c2ccc(-c3cc(C[C@H](NC(=O)OC(C)(C)C)C(=O)O)cc(O[Si](C(C)C)(C(C)C)C(C)C)c3)cc12. The van der Waals surface area contributed by atoms with Crippen LogP contribution in [0.3, 0.4) is 0 Å². The summed E-state index contributed by atoms with van der Waals surface area (Å²) in [7, 11) is -2.36. The first-order valence-corrected chi connectivity index (χ1v) is 19.1. The quantitative estimate of drug-likeness (QED) is 0.115. The number of aromatic nitrogens is 1. The number of aliphatic carboxylic acids is 1. The van der Waals surface area contributed by atoms with Crippen molar-refractivity contribution in [3.05, 3.63) is 53.7 Å². The number of rotatable bonds is 14. The zero-order valence-corrected chi connectivity index (χ0v) is 31.9. The molecule has 3 N–H and O–H groups in total. The predicted octanol–water partition coefficient (Wildman–Crippen LogP) is 9.04. The summed E-state index contributed by atoms with van der Waals surface area (Å²) in [4.78, 5) is 39.8. The van der Waals surface area contributed by atoms with Crippen molar-refractivity contribution in [1.82, 2.24) is 10.3 Å². The van der Waals surface area contributed by atoms with Crippen LogP contribution in [0.2, 0.25) is 16.6 Å². The average Bonchev–Trinajstić information content (AvgIpc) is 3.34. The highest BCUT2D eigenvalue weighted by Gasteiger charge is 2.47. The molecule has 1 amide bonds. The van der Waals surface area contributed by atoms with Crippen LogP contribution in [-0.4, -0.2) is 54.7 Å². The Kier molecular flexibility index (Phi) is 12.2. The Hall–Kier alpha value is -3.79. The topological polar surface area (TPSA) is 127 Å². The summed E-state index contributed by atoms with van der Waals surface area (Å²) < 4.78 is 17.8. The Labute approximate surface area is 287 Å². The lowest BCUT2D eigenvalue weighted by Crippen LogP contribution is -2.50. The lowest BCUT2D eigenvalue weighted by molar-refractivity contribution is -0.144. The van der Waals surface area contributed by atoms with Crippen LogP contribution >= 0.6 is 0 Å². The summed E-state index contributed by atoms with van der Waals surface area (Å²) in [5, 5.41) is 13.7. The van der Waals surface area contributed by atoms with Crippen molar-refractivity contribution < 1.29 is 33.4 Å². The van der Waals surface area contributed by atoms with Crippen LogP contribution in [-0.2, 0) is 31.9 Å². The van der Waals surface area contributed by atoms with Crippen LogP contribution in [0, 0.1) is 5.41 Å². The molecule has 1 heterocycles. The van der Waals surface area contributed by atoms with Crippen molar-refractivity contribution in [2.45, 2.75) is 124 Å². The highest BCUT2D eigenvalue weighted by atomic mass is 28.4. The minimum atomic E-state index is -2.36. The summed E-state index contributed by atoms with van der Waals surface area (Å²) in [6, 6.07) is 11.0. The second-order valence-corrected chi connectivity index (χ2v) is 21.1. The Morgan fingerprint density at radius 3 is 2.06 bits per heavy atom. The Morgan fingerprint density at radius 2 is 1.52 bits per heavy atom. The standard InChI is InChI=1S/C38H56N2O7Si/c1-23(2)48(24(3)4,25(5)6)47-31-16-27(17-34(35(42)43)40-36(44)46-37(8,9)10)15-29(18-31)28-13-14-33-32(19-28)30(21-39-33)20-38(11,12)22-45-26(7)41/h13-16,18-19,21,23-25,34,39H,17,20,22H2,1-12H3,(H,40,44)(H,42,43)/t34-/m0/s1. The maximum absolute atomic E-state index is 12.6. The molecule has 0 unspecified atom stereocenters. The second-order valence-electron chi connectivity index (χ2n) is 15.7. The number of amides is 1. The molecule has 1 atom stereocenters. The largest absolute Gasteiger partial charge is 0.543 e. The first-order valence-electron chi connectivity index (χ1n) is 16.9. The number of aromatic amines is 1. The molecule has 1 aromatic heterocycles. The van der Waals surface area contributed by atoms with Crippen molar-refractivity contribution >= 4 is 37.3 Å². The molecule has 0 radical (unpaired) electrons. The second kappa shape index (κ2) is 15.2. The molecule has 0 saturated heterocycles. The van der Waals surface area contributed by atoms with Gasteiger partial charge in [-0.25, -0.2) is 9.59 Å². The number of fused-ring (bicyclic) bond motifs is 1. The number of carboxylic acid groups (broad SMARTS) is 1. The minimum absolute atomic E-state index is 0.0420. The van der Waals surface area contributed by atoms with E-state index in [9.17, 15) is 19.5 Å². The zero-order chi connectivity index (χ0) is 36.2. The molecule has 3 aromatic rings. The molecule has 264 valence electrons. The van der Waals surface area contributed by atoms with Gasteiger partial charge >= 0.3 is 18.0 Å². The summed E-state index contributed by atoms with van der Waals surface area (Å²) in [5.41, 5.74) is 4.61.